The predicted molar refractivity (Wildman–Crippen MR) is 86.8 cm³/mol. The summed E-state index contributed by atoms with van der Waals surface area (Å²) in [7, 11) is 0. The summed E-state index contributed by atoms with van der Waals surface area (Å²) >= 11 is 6.09. The van der Waals surface area contributed by atoms with Crippen molar-refractivity contribution in [2.24, 2.45) is 0 Å². The topological polar surface area (TPSA) is 54.6 Å². The Bertz CT molecular complexity index is 616. The van der Waals surface area contributed by atoms with Crippen molar-refractivity contribution >= 4 is 11.6 Å². The van der Waals surface area contributed by atoms with Gasteiger partial charge in [0.25, 0.3) is 0 Å². The van der Waals surface area contributed by atoms with Gasteiger partial charge >= 0.3 is 0 Å². The van der Waals surface area contributed by atoms with Crippen LogP contribution in [0.5, 0.6) is 0 Å². The van der Waals surface area contributed by atoms with Gasteiger partial charge in [0.2, 0.25) is 0 Å². The molecule has 0 bridgehead atoms. The number of aliphatic hydroxyl groups is 1. The number of ether oxygens (including phenoxy) is 1. The number of nitrogens with one attached hydrogen (secondary N) is 1. The van der Waals surface area contributed by atoms with Crippen molar-refractivity contribution < 1.29 is 18.7 Å². The van der Waals surface area contributed by atoms with E-state index < -0.39 is 11.6 Å². The van der Waals surface area contributed by atoms with Gasteiger partial charge in [-0.15, -0.1) is 0 Å². The Balaban J connectivity index is 1.81. The van der Waals surface area contributed by atoms with Crippen LogP contribution in [0.4, 0.5) is 4.39 Å². The van der Waals surface area contributed by atoms with Crippen LogP contribution < -0.4 is 5.32 Å². The lowest BCUT2D eigenvalue weighted by atomic mass is 9.94. The maximum absolute atomic E-state index is 13.1. The van der Waals surface area contributed by atoms with Gasteiger partial charge in [-0.1, -0.05) is 17.7 Å². The van der Waals surface area contributed by atoms with Crippen LogP contribution in [0.1, 0.15) is 25.2 Å². The number of halogens is 2. The minimum Gasteiger partial charge on any atom is -0.467 e. The molecule has 0 amide bonds. The summed E-state index contributed by atoms with van der Waals surface area (Å²) in [5.41, 5.74) is 0.261. The smallest absolute Gasteiger partial charge is 0.129 e. The van der Waals surface area contributed by atoms with Crippen molar-refractivity contribution in [2.45, 2.75) is 32.1 Å². The van der Waals surface area contributed by atoms with Crippen molar-refractivity contribution in [1.29, 1.82) is 0 Å². The molecule has 1 unspecified atom stereocenters. The van der Waals surface area contributed by atoms with Gasteiger partial charge in [-0.3, -0.25) is 0 Å². The van der Waals surface area contributed by atoms with E-state index in [1.807, 2.05) is 19.9 Å². The summed E-state index contributed by atoms with van der Waals surface area (Å²) in [5.74, 6) is 0.337. The Morgan fingerprint density at radius 1 is 1.39 bits per heavy atom. The Morgan fingerprint density at radius 2 is 2.17 bits per heavy atom. The molecule has 4 nitrogen and oxygen atoms in total. The third-order valence-electron chi connectivity index (χ3n) is 3.52. The SMILES string of the molecule is CC(C)(NCC(O)COCc1ccco1)c1ccc(F)cc1Cl. The fourth-order valence-electron chi connectivity index (χ4n) is 2.21. The maximum atomic E-state index is 13.1. The third kappa shape index (κ3) is 5.32. The molecule has 126 valence electrons. The molecular weight excluding hydrogens is 321 g/mol. The van der Waals surface area contributed by atoms with Gasteiger partial charge in [0, 0.05) is 17.1 Å². The largest absolute Gasteiger partial charge is 0.467 e. The highest BCUT2D eigenvalue weighted by Crippen LogP contribution is 2.28. The summed E-state index contributed by atoms with van der Waals surface area (Å²) in [6, 6.07) is 7.89. The third-order valence-corrected chi connectivity index (χ3v) is 3.83. The van der Waals surface area contributed by atoms with Crippen LogP contribution >= 0.6 is 11.6 Å². The Labute approximate surface area is 140 Å². The zero-order valence-electron chi connectivity index (χ0n) is 13.2. The number of hydrogen-bond donors (Lipinski definition) is 2. The average Bonchev–Trinajstić information content (AvgIpc) is 2.98. The molecule has 0 aliphatic carbocycles. The van der Waals surface area contributed by atoms with Crippen LogP contribution in [-0.4, -0.2) is 24.4 Å². The molecule has 2 N–H and O–H groups in total. The Hall–Kier alpha value is -1.40. The maximum Gasteiger partial charge on any atom is 0.129 e. The van der Waals surface area contributed by atoms with Crippen LogP contribution in [0.2, 0.25) is 5.02 Å². The highest BCUT2D eigenvalue weighted by atomic mass is 35.5. The Morgan fingerprint density at radius 3 is 2.83 bits per heavy atom. The quantitative estimate of drug-likeness (QED) is 0.772. The fourth-order valence-corrected chi connectivity index (χ4v) is 2.62. The van der Waals surface area contributed by atoms with E-state index in [2.05, 4.69) is 5.32 Å². The molecule has 1 heterocycles. The fraction of sp³-hybridized carbons (Fsp3) is 0.412. The summed E-state index contributed by atoms with van der Waals surface area (Å²) in [4.78, 5) is 0. The molecule has 6 heteroatoms. The first kappa shape index (κ1) is 17.9. The lowest BCUT2D eigenvalue weighted by molar-refractivity contribution is 0.0197. The number of furan rings is 1. The van der Waals surface area contributed by atoms with Gasteiger partial charge in [-0.25, -0.2) is 4.39 Å². The zero-order chi connectivity index (χ0) is 16.9. The van der Waals surface area contributed by atoms with Gasteiger partial charge in [0.15, 0.2) is 0 Å². The molecule has 0 aliphatic rings. The minimum atomic E-state index is -0.677. The van der Waals surface area contributed by atoms with Crippen LogP contribution in [0.3, 0.4) is 0 Å². The lowest BCUT2D eigenvalue weighted by Crippen LogP contribution is -2.42. The molecule has 1 atom stereocenters. The van der Waals surface area contributed by atoms with Crippen molar-refractivity contribution in [3.05, 3.63) is 58.8 Å². The molecule has 2 aromatic rings. The molecule has 0 fully saturated rings. The second-order valence-corrected chi connectivity index (χ2v) is 6.29. The number of hydrogen-bond acceptors (Lipinski definition) is 4. The van der Waals surface area contributed by atoms with E-state index in [0.29, 0.717) is 23.9 Å². The van der Waals surface area contributed by atoms with E-state index in [-0.39, 0.29) is 12.4 Å². The Kier molecular flexibility index (Phi) is 6.18. The van der Waals surface area contributed by atoms with E-state index in [0.717, 1.165) is 5.56 Å². The summed E-state index contributed by atoms with van der Waals surface area (Å²) in [5, 5.41) is 13.6. The van der Waals surface area contributed by atoms with Gasteiger partial charge in [0.1, 0.15) is 18.2 Å². The normalized spacial score (nSPS) is 13.3. The van der Waals surface area contributed by atoms with E-state index >= 15 is 0 Å². The molecule has 0 spiro atoms. The van der Waals surface area contributed by atoms with Gasteiger partial charge in [-0.2, -0.15) is 0 Å². The number of rotatable bonds is 8. The first-order valence-corrected chi connectivity index (χ1v) is 7.75. The van der Waals surface area contributed by atoms with Gasteiger partial charge in [-0.05, 0) is 43.7 Å². The molecule has 0 saturated heterocycles. The molecule has 0 aliphatic heterocycles. The van der Waals surface area contributed by atoms with Crippen molar-refractivity contribution in [2.75, 3.05) is 13.2 Å². The highest BCUT2D eigenvalue weighted by molar-refractivity contribution is 6.31. The number of benzene rings is 1. The molecular formula is C17H21ClFNO3. The van der Waals surface area contributed by atoms with E-state index in [1.54, 1.807) is 18.4 Å². The van der Waals surface area contributed by atoms with Gasteiger partial charge in [0.05, 0.1) is 19.0 Å². The molecule has 2 rings (SSSR count). The molecule has 23 heavy (non-hydrogen) atoms. The van der Waals surface area contributed by atoms with E-state index in [9.17, 15) is 9.50 Å². The van der Waals surface area contributed by atoms with Crippen LogP contribution in [0, 0.1) is 5.82 Å². The van der Waals surface area contributed by atoms with E-state index in [4.69, 9.17) is 20.8 Å². The van der Waals surface area contributed by atoms with Crippen molar-refractivity contribution in [3.63, 3.8) is 0 Å². The summed E-state index contributed by atoms with van der Waals surface area (Å²) < 4.78 is 23.7. The summed E-state index contributed by atoms with van der Waals surface area (Å²) in [6.07, 6.45) is 0.898. The monoisotopic (exact) mass is 341 g/mol. The zero-order valence-corrected chi connectivity index (χ0v) is 13.9. The van der Waals surface area contributed by atoms with Crippen molar-refractivity contribution in [1.82, 2.24) is 5.32 Å². The second kappa shape index (κ2) is 7.93. The van der Waals surface area contributed by atoms with Crippen LogP contribution in [0.25, 0.3) is 0 Å². The van der Waals surface area contributed by atoms with Crippen LogP contribution in [0.15, 0.2) is 41.0 Å². The first-order valence-electron chi connectivity index (χ1n) is 7.37. The first-order chi connectivity index (χ1) is 10.9. The minimum absolute atomic E-state index is 0.181. The number of aliphatic hydroxyl groups excluding tert-OH is 1. The second-order valence-electron chi connectivity index (χ2n) is 5.88. The summed E-state index contributed by atoms with van der Waals surface area (Å²) in [6.45, 7) is 4.65. The molecule has 0 radical (unpaired) electrons. The molecule has 1 aromatic carbocycles. The lowest BCUT2D eigenvalue weighted by Gasteiger charge is -2.29. The molecule has 0 saturated carbocycles. The molecule has 1 aromatic heterocycles. The van der Waals surface area contributed by atoms with Gasteiger partial charge < -0.3 is 19.6 Å². The van der Waals surface area contributed by atoms with Crippen LogP contribution in [-0.2, 0) is 16.9 Å². The predicted octanol–water partition coefficient (Wildman–Crippen LogP) is 3.47. The van der Waals surface area contributed by atoms with Crippen molar-refractivity contribution in [3.8, 4) is 0 Å². The average molecular weight is 342 g/mol. The highest BCUT2D eigenvalue weighted by Gasteiger charge is 2.24. The standard InChI is InChI=1S/C17H21ClFNO3/c1-17(2,15-6-5-12(19)8-16(15)18)20-9-13(21)10-22-11-14-4-3-7-23-14/h3-8,13,20-21H,9-11H2,1-2H3. The van der Waals surface area contributed by atoms with E-state index in [1.165, 1.54) is 12.1 Å².